The number of aromatic nitrogens is 1. The third-order valence-corrected chi connectivity index (χ3v) is 4.23. The highest BCUT2D eigenvalue weighted by molar-refractivity contribution is 5.79. The molecule has 1 aliphatic heterocycles. The predicted octanol–water partition coefficient (Wildman–Crippen LogP) is 1.46. The molecule has 1 saturated heterocycles. The van der Waals surface area contributed by atoms with Crippen molar-refractivity contribution in [2.24, 2.45) is 4.99 Å². The largest absolute Gasteiger partial charge is 0.363 e. The van der Waals surface area contributed by atoms with E-state index in [1.165, 1.54) is 0 Å². The molecule has 132 valence electrons. The monoisotopic (exact) mass is 330 g/mol. The Bertz CT molecular complexity index is 546. The smallest absolute Gasteiger partial charge is 0.191 e. The number of rotatable bonds is 6. The molecule has 6 nitrogen and oxygen atoms in total. The summed E-state index contributed by atoms with van der Waals surface area (Å²) in [6.45, 7) is 7.66. The summed E-state index contributed by atoms with van der Waals surface area (Å²) < 4.78 is 0. The van der Waals surface area contributed by atoms with Gasteiger partial charge < -0.3 is 15.5 Å². The Labute approximate surface area is 145 Å². The number of hydrogen-bond acceptors (Lipinski definition) is 4. The Morgan fingerprint density at radius 1 is 1.42 bits per heavy atom. The summed E-state index contributed by atoms with van der Waals surface area (Å²) in [5, 5.41) is 6.89. The van der Waals surface area contributed by atoms with E-state index in [4.69, 9.17) is 0 Å². The first-order valence-corrected chi connectivity index (χ1v) is 8.56. The summed E-state index contributed by atoms with van der Waals surface area (Å²) >= 11 is 0. The molecular formula is C18H30N6. The van der Waals surface area contributed by atoms with Crippen molar-refractivity contribution in [3.05, 3.63) is 36.5 Å². The molecule has 0 spiro atoms. The molecule has 2 heterocycles. The zero-order valence-electron chi connectivity index (χ0n) is 15.1. The second-order valence-electron chi connectivity index (χ2n) is 6.32. The standard InChI is InChI=1S/C18H30N6/c1-5-11-24-12-9-15(10-13-24)22-18(19-2)20-14-16-7-6-8-17(21-16)23(3)4/h5-8,15H,1,9-14H2,2-4H3,(H2,19,20,22). The number of nitrogens with one attached hydrogen (secondary N) is 2. The summed E-state index contributed by atoms with van der Waals surface area (Å²) in [6, 6.07) is 6.54. The van der Waals surface area contributed by atoms with Gasteiger partial charge in [0.1, 0.15) is 5.82 Å². The lowest BCUT2D eigenvalue weighted by Gasteiger charge is -2.32. The Morgan fingerprint density at radius 2 is 2.17 bits per heavy atom. The van der Waals surface area contributed by atoms with Crippen molar-refractivity contribution in [2.75, 3.05) is 45.7 Å². The van der Waals surface area contributed by atoms with E-state index in [2.05, 4.69) is 32.1 Å². The van der Waals surface area contributed by atoms with Crippen molar-refractivity contribution in [3.8, 4) is 0 Å². The number of likely N-dealkylation sites (tertiary alicyclic amines) is 1. The molecule has 1 aliphatic rings. The summed E-state index contributed by atoms with van der Waals surface area (Å²) in [4.78, 5) is 13.4. The van der Waals surface area contributed by atoms with Gasteiger partial charge in [0, 0.05) is 46.8 Å². The van der Waals surface area contributed by atoms with Crippen LogP contribution in [0.1, 0.15) is 18.5 Å². The molecule has 0 radical (unpaired) electrons. The maximum Gasteiger partial charge on any atom is 0.191 e. The maximum absolute atomic E-state index is 4.62. The number of aliphatic imine (C=N–C) groups is 1. The van der Waals surface area contributed by atoms with Gasteiger partial charge in [0.2, 0.25) is 0 Å². The van der Waals surface area contributed by atoms with Gasteiger partial charge >= 0.3 is 0 Å². The topological polar surface area (TPSA) is 55.8 Å². The summed E-state index contributed by atoms with van der Waals surface area (Å²) in [7, 11) is 5.81. The van der Waals surface area contributed by atoms with Crippen LogP contribution in [0.5, 0.6) is 0 Å². The molecule has 2 rings (SSSR count). The van der Waals surface area contributed by atoms with Crippen LogP contribution >= 0.6 is 0 Å². The highest BCUT2D eigenvalue weighted by Crippen LogP contribution is 2.10. The van der Waals surface area contributed by atoms with Crippen LogP contribution in [-0.4, -0.2) is 62.7 Å². The molecule has 2 N–H and O–H groups in total. The van der Waals surface area contributed by atoms with Crippen LogP contribution in [0.3, 0.4) is 0 Å². The number of guanidine groups is 1. The number of hydrogen-bond donors (Lipinski definition) is 2. The highest BCUT2D eigenvalue weighted by atomic mass is 15.2. The van der Waals surface area contributed by atoms with Crippen LogP contribution in [0, 0.1) is 0 Å². The van der Waals surface area contributed by atoms with Gasteiger partial charge in [-0.1, -0.05) is 12.1 Å². The Hall–Kier alpha value is -2.08. The van der Waals surface area contributed by atoms with Crippen molar-refractivity contribution >= 4 is 11.8 Å². The fourth-order valence-electron chi connectivity index (χ4n) is 2.82. The van der Waals surface area contributed by atoms with E-state index in [0.717, 1.165) is 49.9 Å². The van der Waals surface area contributed by atoms with E-state index >= 15 is 0 Å². The molecule has 0 bridgehead atoms. The van der Waals surface area contributed by atoms with Crippen molar-refractivity contribution in [1.29, 1.82) is 0 Å². The SMILES string of the molecule is C=CCN1CCC(NC(=NC)NCc2cccc(N(C)C)n2)CC1. The summed E-state index contributed by atoms with van der Waals surface area (Å²) in [5.74, 6) is 1.81. The van der Waals surface area contributed by atoms with Gasteiger partial charge in [-0.15, -0.1) is 6.58 Å². The lowest BCUT2D eigenvalue weighted by Crippen LogP contribution is -2.48. The molecule has 0 unspecified atom stereocenters. The van der Waals surface area contributed by atoms with E-state index < -0.39 is 0 Å². The van der Waals surface area contributed by atoms with Gasteiger partial charge in [-0.2, -0.15) is 0 Å². The van der Waals surface area contributed by atoms with Crippen LogP contribution < -0.4 is 15.5 Å². The minimum absolute atomic E-state index is 0.471. The molecule has 1 aromatic rings. The predicted molar refractivity (Wildman–Crippen MR) is 102 cm³/mol. The maximum atomic E-state index is 4.62. The van der Waals surface area contributed by atoms with Crippen LogP contribution in [0.4, 0.5) is 5.82 Å². The normalized spacial score (nSPS) is 16.7. The zero-order valence-corrected chi connectivity index (χ0v) is 15.1. The Kier molecular flexibility index (Phi) is 7.06. The first-order valence-electron chi connectivity index (χ1n) is 8.56. The third kappa shape index (κ3) is 5.53. The van der Waals surface area contributed by atoms with Gasteiger partial charge in [-0.3, -0.25) is 9.89 Å². The summed E-state index contributed by atoms with van der Waals surface area (Å²) in [6.07, 6.45) is 4.23. The van der Waals surface area contributed by atoms with Crippen LogP contribution in [0.2, 0.25) is 0 Å². The molecule has 24 heavy (non-hydrogen) atoms. The van der Waals surface area contributed by atoms with Crippen molar-refractivity contribution in [2.45, 2.75) is 25.4 Å². The highest BCUT2D eigenvalue weighted by Gasteiger charge is 2.19. The lowest BCUT2D eigenvalue weighted by molar-refractivity contribution is 0.225. The average Bonchev–Trinajstić information content (AvgIpc) is 2.60. The Balaban J connectivity index is 1.81. The van der Waals surface area contributed by atoms with Gasteiger partial charge in [0.05, 0.1) is 12.2 Å². The van der Waals surface area contributed by atoms with Crippen LogP contribution in [-0.2, 0) is 6.54 Å². The molecule has 0 saturated carbocycles. The molecule has 6 heteroatoms. The van der Waals surface area contributed by atoms with E-state index in [1.54, 1.807) is 0 Å². The third-order valence-electron chi connectivity index (χ3n) is 4.23. The second kappa shape index (κ2) is 9.27. The fraction of sp³-hybridized carbons (Fsp3) is 0.556. The average molecular weight is 330 g/mol. The first kappa shape index (κ1) is 18.3. The molecule has 0 aliphatic carbocycles. The minimum Gasteiger partial charge on any atom is -0.363 e. The molecule has 0 aromatic carbocycles. The van der Waals surface area contributed by atoms with Crippen molar-refractivity contribution in [3.63, 3.8) is 0 Å². The Morgan fingerprint density at radius 3 is 2.79 bits per heavy atom. The van der Waals surface area contributed by atoms with Crippen LogP contribution in [0.15, 0.2) is 35.8 Å². The van der Waals surface area contributed by atoms with E-state index in [0.29, 0.717) is 12.6 Å². The molecular weight excluding hydrogens is 300 g/mol. The fourth-order valence-corrected chi connectivity index (χ4v) is 2.82. The first-order chi connectivity index (χ1) is 11.6. The minimum atomic E-state index is 0.471. The number of nitrogens with zero attached hydrogens (tertiary/aromatic N) is 4. The molecule has 0 atom stereocenters. The van der Waals surface area contributed by atoms with Crippen molar-refractivity contribution in [1.82, 2.24) is 20.5 Å². The van der Waals surface area contributed by atoms with E-state index in [-0.39, 0.29) is 0 Å². The van der Waals surface area contributed by atoms with Gasteiger partial charge in [0.25, 0.3) is 0 Å². The van der Waals surface area contributed by atoms with Gasteiger partial charge in [0.15, 0.2) is 5.96 Å². The molecule has 0 amide bonds. The summed E-state index contributed by atoms with van der Waals surface area (Å²) in [5.41, 5.74) is 1.00. The number of piperidine rings is 1. The molecule has 1 aromatic heterocycles. The second-order valence-corrected chi connectivity index (χ2v) is 6.32. The van der Waals surface area contributed by atoms with Crippen LogP contribution in [0.25, 0.3) is 0 Å². The van der Waals surface area contributed by atoms with Gasteiger partial charge in [-0.25, -0.2) is 4.98 Å². The van der Waals surface area contributed by atoms with E-state index in [1.807, 2.05) is 50.3 Å². The van der Waals surface area contributed by atoms with Crippen molar-refractivity contribution < 1.29 is 0 Å². The lowest BCUT2D eigenvalue weighted by atomic mass is 10.1. The number of pyridine rings is 1. The molecule has 1 fully saturated rings. The zero-order chi connectivity index (χ0) is 17.4. The van der Waals surface area contributed by atoms with E-state index in [9.17, 15) is 0 Å². The van der Waals surface area contributed by atoms with Gasteiger partial charge in [-0.05, 0) is 25.0 Å². The number of anilines is 1. The quantitative estimate of drug-likeness (QED) is 0.470.